The highest BCUT2D eigenvalue weighted by atomic mass is 35.5. The van der Waals surface area contributed by atoms with Gasteiger partial charge in [0.15, 0.2) is 0 Å². The largest absolute Gasteiger partial charge is 0.324 e. The lowest BCUT2D eigenvalue weighted by Gasteiger charge is -2.24. The molecule has 2 heterocycles. The molecule has 0 saturated heterocycles. The molecule has 6 nitrogen and oxygen atoms in total. The Morgan fingerprint density at radius 1 is 1.18 bits per heavy atom. The van der Waals surface area contributed by atoms with Gasteiger partial charge in [-0.15, -0.1) is 0 Å². The van der Waals surface area contributed by atoms with E-state index in [9.17, 15) is 9.59 Å². The first-order valence-corrected chi connectivity index (χ1v) is 9.39. The van der Waals surface area contributed by atoms with Crippen molar-refractivity contribution in [1.29, 1.82) is 0 Å². The van der Waals surface area contributed by atoms with Crippen LogP contribution in [0, 0.1) is 6.92 Å². The molecular formula is C20H16Cl2N4O2. The minimum atomic E-state index is -0.762. The molecular weight excluding hydrogens is 399 g/mol. The molecule has 2 N–H and O–H groups in total. The first kappa shape index (κ1) is 18.5. The molecule has 142 valence electrons. The summed E-state index contributed by atoms with van der Waals surface area (Å²) in [5.41, 5.74) is 2.89. The van der Waals surface area contributed by atoms with Crippen LogP contribution in [0.25, 0.3) is 11.3 Å². The number of carbonyl (C=O) groups is 2. The molecule has 28 heavy (non-hydrogen) atoms. The van der Waals surface area contributed by atoms with Crippen molar-refractivity contribution >= 4 is 46.5 Å². The van der Waals surface area contributed by atoms with Crippen LogP contribution in [0.3, 0.4) is 0 Å². The molecule has 2 amide bonds. The van der Waals surface area contributed by atoms with Gasteiger partial charge in [-0.3, -0.25) is 9.59 Å². The average Bonchev–Trinajstić information content (AvgIpc) is 2.98. The number of hydrogen-bond donors (Lipinski definition) is 2. The molecule has 0 radical (unpaired) electrons. The molecule has 0 aliphatic carbocycles. The molecule has 1 atom stereocenters. The van der Waals surface area contributed by atoms with Gasteiger partial charge in [0, 0.05) is 26.9 Å². The fraction of sp³-hybridized carbons (Fsp3) is 0.150. The van der Waals surface area contributed by atoms with Gasteiger partial charge in [0.1, 0.15) is 11.9 Å². The summed E-state index contributed by atoms with van der Waals surface area (Å²) in [6, 6.07) is 13.3. The molecule has 3 aromatic rings. The van der Waals surface area contributed by atoms with E-state index < -0.39 is 6.04 Å². The second kappa shape index (κ2) is 7.30. The molecule has 8 heteroatoms. The number of anilines is 2. The number of carbonyl (C=O) groups excluding carboxylic acids is 2. The summed E-state index contributed by atoms with van der Waals surface area (Å²) in [6.07, 6.45) is 0.000572. The van der Waals surface area contributed by atoms with E-state index in [1.54, 1.807) is 41.1 Å². The Bertz CT molecular complexity index is 1080. The van der Waals surface area contributed by atoms with E-state index in [2.05, 4.69) is 15.7 Å². The maximum Gasteiger partial charge on any atom is 0.249 e. The first-order chi connectivity index (χ1) is 13.4. The number of nitrogens with one attached hydrogen (secondary N) is 2. The van der Waals surface area contributed by atoms with Crippen LogP contribution in [-0.2, 0) is 9.59 Å². The van der Waals surface area contributed by atoms with Gasteiger partial charge in [-0.2, -0.15) is 5.10 Å². The normalized spacial score (nSPS) is 15.7. The first-order valence-electron chi connectivity index (χ1n) is 8.63. The zero-order valence-electron chi connectivity index (χ0n) is 14.9. The average molecular weight is 415 g/mol. The summed E-state index contributed by atoms with van der Waals surface area (Å²) in [7, 11) is 0. The van der Waals surface area contributed by atoms with Crippen molar-refractivity contribution in [3.8, 4) is 11.3 Å². The predicted molar refractivity (Wildman–Crippen MR) is 110 cm³/mol. The number of nitrogens with zero attached hydrogens (tertiary/aromatic N) is 2. The van der Waals surface area contributed by atoms with E-state index in [0.717, 1.165) is 11.1 Å². The summed E-state index contributed by atoms with van der Waals surface area (Å²) in [6.45, 7) is 1.86. The van der Waals surface area contributed by atoms with Crippen LogP contribution >= 0.6 is 23.2 Å². The summed E-state index contributed by atoms with van der Waals surface area (Å²) in [4.78, 5) is 25.1. The molecule has 0 fully saturated rings. The summed E-state index contributed by atoms with van der Waals surface area (Å²) in [5.74, 6) is -0.0413. The van der Waals surface area contributed by atoms with Crippen LogP contribution in [0.5, 0.6) is 0 Å². The zero-order chi connectivity index (χ0) is 19.8. The van der Waals surface area contributed by atoms with Crippen molar-refractivity contribution < 1.29 is 9.59 Å². The van der Waals surface area contributed by atoms with E-state index in [-0.39, 0.29) is 18.2 Å². The second-order valence-electron chi connectivity index (χ2n) is 6.54. The smallest absolute Gasteiger partial charge is 0.249 e. The number of benzene rings is 2. The standard InChI is InChI=1S/C20H16Cl2N4O2/c1-11-18(12-5-7-13(21)8-6-12)25-26-16(10-17(27)24-19(11)26)20(28)23-15-4-2-3-14(22)9-15/h2-9,16H,10H2,1H3,(H,23,28)(H,24,27). The Labute approximate surface area is 171 Å². The lowest BCUT2D eigenvalue weighted by Crippen LogP contribution is -2.35. The minimum absolute atomic E-state index is 0.000572. The third kappa shape index (κ3) is 3.48. The summed E-state index contributed by atoms with van der Waals surface area (Å²) < 4.78 is 1.57. The maximum atomic E-state index is 12.9. The lowest BCUT2D eigenvalue weighted by molar-refractivity contribution is -0.125. The Morgan fingerprint density at radius 2 is 1.93 bits per heavy atom. The highest BCUT2D eigenvalue weighted by molar-refractivity contribution is 6.31. The van der Waals surface area contributed by atoms with E-state index in [4.69, 9.17) is 23.2 Å². The molecule has 0 bridgehead atoms. The third-order valence-corrected chi connectivity index (χ3v) is 5.08. The third-order valence-electron chi connectivity index (χ3n) is 4.59. The second-order valence-corrected chi connectivity index (χ2v) is 7.41. The maximum absolute atomic E-state index is 12.9. The van der Waals surface area contributed by atoms with Crippen LogP contribution < -0.4 is 10.6 Å². The Hall–Kier alpha value is -2.83. The van der Waals surface area contributed by atoms with Crippen LogP contribution in [0.4, 0.5) is 11.5 Å². The lowest BCUT2D eigenvalue weighted by atomic mass is 10.1. The number of hydrogen-bond acceptors (Lipinski definition) is 3. The van der Waals surface area contributed by atoms with Gasteiger partial charge >= 0.3 is 0 Å². The van der Waals surface area contributed by atoms with Crippen LogP contribution in [0.2, 0.25) is 10.0 Å². The SMILES string of the molecule is Cc1c(-c2ccc(Cl)cc2)nn2c1NC(=O)CC2C(=O)Nc1cccc(Cl)c1. The minimum Gasteiger partial charge on any atom is -0.324 e. The fourth-order valence-corrected chi connectivity index (χ4v) is 3.53. The summed E-state index contributed by atoms with van der Waals surface area (Å²) >= 11 is 11.9. The van der Waals surface area contributed by atoms with Gasteiger partial charge < -0.3 is 10.6 Å². The molecule has 0 spiro atoms. The molecule has 0 saturated carbocycles. The van der Waals surface area contributed by atoms with Crippen LogP contribution in [0.1, 0.15) is 18.0 Å². The Morgan fingerprint density at radius 3 is 2.64 bits per heavy atom. The number of fused-ring (bicyclic) bond motifs is 1. The van der Waals surface area contributed by atoms with Crippen molar-refractivity contribution in [3.05, 3.63) is 64.1 Å². The number of halogens is 2. The van der Waals surface area contributed by atoms with E-state index in [1.165, 1.54) is 0 Å². The van der Waals surface area contributed by atoms with Crippen LogP contribution in [0.15, 0.2) is 48.5 Å². The fourth-order valence-electron chi connectivity index (χ4n) is 3.22. The monoisotopic (exact) mass is 414 g/mol. The van der Waals surface area contributed by atoms with Gasteiger partial charge in [-0.25, -0.2) is 4.68 Å². The number of amides is 2. The van der Waals surface area contributed by atoms with Crippen molar-refractivity contribution in [2.45, 2.75) is 19.4 Å². The number of rotatable bonds is 3. The van der Waals surface area contributed by atoms with Gasteiger partial charge in [-0.1, -0.05) is 41.4 Å². The zero-order valence-corrected chi connectivity index (χ0v) is 16.4. The number of aromatic nitrogens is 2. The highest BCUT2D eigenvalue weighted by Crippen LogP contribution is 2.34. The van der Waals surface area contributed by atoms with Crippen molar-refractivity contribution in [1.82, 2.24) is 9.78 Å². The van der Waals surface area contributed by atoms with Crippen molar-refractivity contribution in [2.75, 3.05) is 10.6 Å². The van der Waals surface area contributed by atoms with E-state index in [1.807, 2.05) is 19.1 Å². The molecule has 1 unspecified atom stereocenters. The van der Waals surface area contributed by atoms with Crippen molar-refractivity contribution in [3.63, 3.8) is 0 Å². The van der Waals surface area contributed by atoms with Gasteiger partial charge in [0.2, 0.25) is 11.8 Å². The van der Waals surface area contributed by atoms with Crippen LogP contribution in [-0.4, -0.2) is 21.6 Å². The van der Waals surface area contributed by atoms with Gasteiger partial charge in [0.05, 0.1) is 12.1 Å². The predicted octanol–water partition coefficient (Wildman–Crippen LogP) is 4.69. The van der Waals surface area contributed by atoms with Gasteiger partial charge in [0.25, 0.3) is 0 Å². The van der Waals surface area contributed by atoms with E-state index >= 15 is 0 Å². The quantitative estimate of drug-likeness (QED) is 0.652. The molecule has 1 aliphatic rings. The van der Waals surface area contributed by atoms with E-state index in [0.29, 0.717) is 27.2 Å². The Balaban J connectivity index is 1.70. The van der Waals surface area contributed by atoms with Gasteiger partial charge in [-0.05, 0) is 37.3 Å². The molecule has 1 aliphatic heterocycles. The Kier molecular flexibility index (Phi) is 4.83. The molecule has 1 aromatic heterocycles. The highest BCUT2D eigenvalue weighted by Gasteiger charge is 2.34. The molecule has 2 aromatic carbocycles. The summed E-state index contributed by atoms with van der Waals surface area (Å²) in [5, 5.41) is 11.4. The molecule has 4 rings (SSSR count). The van der Waals surface area contributed by atoms with Crippen molar-refractivity contribution in [2.24, 2.45) is 0 Å². The topological polar surface area (TPSA) is 76.0 Å².